The Morgan fingerprint density at radius 1 is 0.966 bits per heavy atom. The van der Waals surface area contributed by atoms with Gasteiger partial charge in [0.2, 0.25) is 0 Å². The van der Waals surface area contributed by atoms with Crippen LogP contribution in [0.3, 0.4) is 0 Å². The van der Waals surface area contributed by atoms with Gasteiger partial charge in [-0.15, -0.1) is 0 Å². The highest BCUT2D eigenvalue weighted by Crippen LogP contribution is 2.36. The summed E-state index contributed by atoms with van der Waals surface area (Å²) in [5.74, 6) is -1.10. The lowest BCUT2D eigenvalue weighted by Gasteiger charge is -2.38. The maximum atomic E-state index is 13.6. The molecule has 2 aliphatic rings. The first-order valence-electron chi connectivity index (χ1n) is 9.82. The molecule has 0 radical (unpaired) electrons. The van der Waals surface area contributed by atoms with E-state index < -0.39 is 17.4 Å². The summed E-state index contributed by atoms with van der Waals surface area (Å²) in [6.45, 7) is 1.55. The summed E-state index contributed by atoms with van der Waals surface area (Å²) in [6, 6.07) is 11.4. The molecular weight excluding hydrogens is 376 g/mol. The maximum absolute atomic E-state index is 13.6. The fraction of sp³-hybridized carbons (Fsp3) is 0.364. The zero-order valence-electron chi connectivity index (χ0n) is 16.0. The second kappa shape index (κ2) is 7.91. The molecule has 0 spiro atoms. The molecule has 152 valence electrons. The highest BCUT2D eigenvalue weighted by atomic mass is 19.1. The number of hydrogen-bond acceptors (Lipinski definition) is 3. The number of hydrogen-bond donors (Lipinski definition) is 2. The second-order valence-corrected chi connectivity index (χ2v) is 7.75. The number of nitrogens with one attached hydrogen (secondary N) is 2. The lowest BCUT2D eigenvalue weighted by Crippen LogP contribution is -2.57. The summed E-state index contributed by atoms with van der Waals surface area (Å²) < 4.78 is 26.9. The molecule has 0 aromatic heterocycles. The molecule has 7 heteroatoms. The first-order chi connectivity index (χ1) is 14.0. The number of carbonyl (C=O) groups excluding carboxylic acids is 2. The lowest BCUT2D eigenvalue weighted by atomic mass is 9.74. The first-order valence-corrected chi connectivity index (χ1v) is 9.82. The number of piperidine rings is 1. The molecule has 2 aromatic rings. The van der Waals surface area contributed by atoms with Gasteiger partial charge < -0.3 is 10.6 Å². The Labute approximate surface area is 168 Å². The third kappa shape index (κ3) is 3.87. The molecule has 2 aromatic carbocycles. The number of nitrogens with zero attached hydrogens (tertiary/aromatic N) is 1. The van der Waals surface area contributed by atoms with Crippen LogP contribution in [0.25, 0.3) is 0 Å². The zero-order chi connectivity index (χ0) is 20.4. The minimum atomic E-state index is -1.08. The third-order valence-corrected chi connectivity index (χ3v) is 5.86. The van der Waals surface area contributed by atoms with Crippen molar-refractivity contribution in [2.75, 3.05) is 13.1 Å². The van der Waals surface area contributed by atoms with Crippen LogP contribution in [0.2, 0.25) is 0 Å². The van der Waals surface area contributed by atoms with Gasteiger partial charge in [0, 0.05) is 6.42 Å². The predicted molar refractivity (Wildman–Crippen MR) is 104 cm³/mol. The Kier molecular flexibility index (Phi) is 5.32. The summed E-state index contributed by atoms with van der Waals surface area (Å²) in [5, 5.41) is 6.24. The fourth-order valence-corrected chi connectivity index (χ4v) is 4.39. The monoisotopic (exact) mass is 399 g/mol. The van der Waals surface area contributed by atoms with E-state index in [1.807, 2.05) is 0 Å². The first kappa shape index (κ1) is 19.5. The van der Waals surface area contributed by atoms with Crippen LogP contribution in [0.1, 0.15) is 24.0 Å². The molecule has 3 amide bonds. The maximum Gasteiger partial charge on any atom is 0.325 e. The summed E-state index contributed by atoms with van der Waals surface area (Å²) in [4.78, 5) is 27.5. The number of urea groups is 1. The van der Waals surface area contributed by atoms with E-state index in [0.717, 1.165) is 31.5 Å². The number of carbonyl (C=O) groups is 2. The molecule has 29 heavy (non-hydrogen) atoms. The van der Waals surface area contributed by atoms with Crippen molar-refractivity contribution in [3.05, 3.63) is 71.3 Å². The van der Waals surface area contributed by atoms with Crippen molar-refractivity contribution < 1.29 is 18.4 Å². The normalized spacial score (nSPS) is 22.8. The summed E-state index contributed by atoms with van der Waals surface area (Å²) in [5.41, 5.74) is 0.257. The Morgan fingerprint density at radius 2 is 1.69 bits per heavy atom. The van der Waals surface area contributed by atoms with Crippen LogP contribution in [0.4, 0.5) is 13.6 Å². The molecule has 2 aliphatic heterocycles. The number of amides is 3. The molecule has 5 nitrogen and oxygen atoms in total. The zero-order valence-corrected chi connectivity index (χ0v) is 16.0. The molecular formula is C22H23F2N3O2. The van der Waals surface area contributed by atoms with Crippen LogP contribution in [0.15, 0.2) is 48.5 Å². The van der Waals surface area contributed by atoms with E-state index in [1.165, 1.54) is 29.2 Å². The summed E-state index contributed by atoms with van der Waals surface area (Å²) in [6.07, 6.45) is 1.80. The largest absolute Gasteiger partial charge is 0.325 e. The van der Waals surface area contributed by atoms with Gasteiger partial charge in [-0.2, -0.15) is 0 Å². The standard InChI is InChI=1S/C22H23F2N3O2/c23-18-6-4-15(5-7-18)13-22(17-8-10-25-11-9-17)20(28)27(21(29)26-22)14-16-2-1-3-19(24)12-16/h1-7,12,17,25H,8-11,13-14H2,(H,26,29)/t22-/m0/s1. The van der Waals surface area contributed by atoms with Gasteiger partial charge in [0.15, 0.2) is 0 Å². The Morgan fingerprint density at radius 3 is 2.38 bits per heavy atom. The summed E-state index contributed by atoms with van der Waals surface area (Å²) in [7, 11) is 0. The van der Waals surface area contributed by atoms with Crippen molar-refractivity contribution in [3.8, 4) is 0 Å². The smallest absolute Gasteiger partial charge is 0.322 e. The molecule has 0 aliphatic carbocycles. The van der Waals surface area contributed by atoms with E-state index in [1.54, 1.807) is 24.3 Å². The van der Waals surface area contributed by atoms with E-state index in [9.17, 15) is 18.4 Å². The highest BCUT2D eigenvalue weighted by Gasteiger charge is 2.55. The van der Waals surface area contributed by atoms with Crippen LogP contribution in [0, 0.1) is 17.6 Å². The van der Waals surface area contributed by atoms with E-state index >= 15 is 0 Å². The van der Waals surface area contributed by atoms with E-state index in [-0.39, 0.29) is 24.2 Å². The van der Waals surface area contributed by atoms with E-state index in [4.69, 9.17) is 0 Å². The van der Waals surface area contributed by atoms with Gasteiger partial charge >= 0.3 is 6.03 Å². The second-order valence-electron chi connectivity index (χ2n) is 7.75. The average molecular weight is 399 g/mol. The van der Waals surface area contributed by atoms with E-state index in [0.29, 0.717) is 12.0 Å². The number of benzene rings is 2. The van der Waals surface area contributed by atoms with Gasteiger partial charge in [-0.05, 0) is 67.2 Å². The SMILES string of the molecule is O=C1N[C@@](Cc2ccc(F)cc2)(C2CCNCC2)C(=O)N1Cc1cccc(F)c1. The molecule has 2 saturated heterocycles. The average Bonchev–Trinajstić information content (AvgIpc) is 2.95. The molecule has 4 rings (SSSR count). The Bertz CT molecular complexity index is 913. The van der Waals surface area contributed by atoms with Gasteiger partial charge in [-0.3, -0.25) is 9.69 Å². The van der Waals surface area contributed by atoms with Crippen LogP contribution < -0.4 is 10.6 Å². The number of halogens is 2. The number of rotatable bonds is 5. The van der Waals surface area contributed by atoms with Crippen molar-refractivity contribution >= 4 is 11.9 Å². The van der Waals surface area contributed by atoms with Crippen LogP contribution in [-0.4, -0.2) is 35.5 Å². The van der Waals surface area contributed by atoms with Gasteiger partial charge in [0.05, 0.1) is 6.54 Å². The fourth-order valence-electron chi connectivity index (χ4n) is 4.39. The van der Waals surface area contributed by atoms with E-state index in [2.05, 4.69) is 10.6 Å². The lowest BCUT2D eigenvalue weighted by molar-refractivity contribution is -0.134. The molecule has 2 N–H and O–H groups in total. The van der Waals surface area contributed by atoms with Crippen LogP contribution in [-0.2, 0) is 17.8 Å². The van der Waals surface area contributed by atoms with Gasteiger partial charge in [0.1, 0.15) is 17.2 Å². The van der Waals surface area contributed by atoms with Crippen molar-refractivity contribution in [3.63, 3.8) is 0 Å². The minimum absolute atomic E-state index is 0.0125. The molecule has 2 heterocycles. The number of imide groups is 1. The van der Waals surface area contributed by atoms with Gasteiger partial charge in [-0.1, -0.05) is 24.3 Å². The van der Waals surface area contributed by atoms with Gasteiger partial charge in [-0.25, -0.2) is 13.6 Å². The third-order valence-electron chi connectivity index (χ3n) is 5.86. The topological polar surface area (TPSA) is 61.4 Å². The summed E-state index contributed by atoms with van der Waals surface area (Å²) >= 11 is 0. The molecule has 0 bridgehead atoms. The minimum Gasteiger partial charge on any atom is -0.322 e. The Balaban J connectivity index is 1.65. The van der Waals surface area contributed by atoms with Crippen molar-refractivity contribution in [1.82, 2.24) is 15.5 Å². The van der Waals surface area contributed by atoms with Crippen molar-refractivity contribution in [2.24, 2.45) is 5.92 Å². The van der Waals surface area contributed by atoms with Gasteiger partial charge in [0.25, 0.3) is 5.91 Å². The molecule has 0 saturated carbocycles. The van der Waals surface area contributed by atoms with Crippen LogP contribution in [0.5, 0.6) is 0 Å². The molecule has 2 fully saturated rings. The quantitative estimate of drug-likeness (QED) is 0.760. The van der Waals surface area contributed by atoms with Crippen LogP contribution >= 0.6 is 0 Å². The predicted octanol–water partition coefficient (Wildman–Crippen LogP) is 3.00. The Hall–Kier alpha value is -2.80. The van der Waals surface area contributed by atoms with Crippen molar-refractivity contribution in [2.45, 2.75) is 31.3 Å². The van der Waals surface area contributed by atoms with Crippen molar-refractivity contribution in [1.29, 1.82) is 0 Å². The molecule has 0 unspecified atom stereocenters. The highest BCUT2D eigenvalue weighted by molar-refractivity contribution is 6.07. The molecule has 1 atom stereocenters.